The largest absolute Gasteiger partial charge is 0.378 e. The summed E-state index contributed by atoms with van der Waals surface area (Å²) in [4.78, 5) is 24.8. The highest BCUT2D eigenvalue weighted by Gasteiger charge is 2.46. The number of imidazole rings is 1. The van der Waals surface area contributed by atoms with Gasteiger partial charge in [-0.2, -0.15) is 0 Å². The van der Waals surface area contributed by atoms with Crippen LogP contribution in [0.5, 0.6) is 0 Å². The minimum absolute atomic E-state index is 0.139. The summed E-state index contributed by atoms with van der Waals surface area (Å²) >= 11 is 0. The number of nitrogens with zero attached hydrogens (tertiary/aromatic N) is 3. The molecule has 0 radical (unpaired) electrons. The first kappa shape index (κ1) is 18.1. The third-order valence-corrected chi connectivity index (χ3v) is 6.10. The first-order valence-corrected chi connectivity index (χ1v) is 9.55. The number of carbonyl (C=O) groups is 1. The zero-order valence-electron chi connectivity index (χ0n) is 15.5. The number of fused-ring (bicyclic) bond motifs is 2. The van der Waals surface area contributed by atoms with Crippen molar-refractivity contribution in [1.82, 2.24) is 19.8 Å². The van der Waals surface area contributed by atoms with E-state index in [9.17, 15) is 14.3 Å². The number of hydrogen-bond acceptors (Lipinski definition) is 4. The van der Waals surface area contributed by atoms with Crippen molar-refractivity contribution in [2.45, 2.75) is 37.8 Å². The number of likely N-dealkylation sites (N-methyl/N-ethyl adjacent to an activating group) is 1. The number of aliphatic hydroxyl groups excluding tert-OH is 1. The third-order valence-electron chi connectivity index (χ3n) is 6.10. The van der Waals surface area contributed by atoms with E-state index < -0.39 is 6.10 Å². The number of halogens is 1. The SMILES string of the molecule is CCN1CCc2[nH]cnc2C12CCN(C(=O)C(O)c1ccc(F)cc1)CC2. The molecule has 1 amide bonds. The van der Waals surface area contributed by atoms with Crippen molar-refractivity contribution in [3.05, 3.63) is 53.4 Å². The summed E-state index contributed by atoms with van der Waals surface area (Å²) < 4.78 is 13.1. The molecule has 1 spiro atoms. The summed E-state index contributed by atoms with van der Waals surface area (Å²) in [5, 5.41) is 10.4. The van der Waals surface area contributed by atoms with E-state index in [1.165, 1.54) is 30.0 Å². The van der Waals surface area contributed by atoms with Gasteiger partial charge < -0.3 is 15.0 Å². The zero-order chi connectivity index (χ0) is 19.0. The first-order valence-electron chi connectivity index (χ1n) is 9.55. The van der Waals surface area contributed by atoms with E-state index >= 15 is 0 Å². The Kier molecular flexibility index (Phi) is 4.74. The van der Waals surface area contributed by atoms with Gasteiger partial charge in [0.15, 0.2) is 6.10 Å². The van der Waals surface area contributed by atoms with Gasteiger partial charge >= 0.3 is 0 Å². The van der Waals surface area contributed by atoms with E-state index in [1.807, 2.05) is 0 Å². The van der Waals surface area contributed by atoms with Crippen LogP contribution in [0.3, 0.4) is 0 Å². The lowest BCUT2D eigenvalue weighted by atomic mass is 9.78. The smallest absolute Gasteiger partial charge is 0.256 e. The molecule has 6 nitrogen and oxygen atoms in total. The third kappa shape index (κ3) is 3.04. The van der Waals surface area contributed by atoms with E-state index in [-0.39, 0.29) is 17.3 Å². The van der Waals surface area contributed by atoms with Crippen molar-refractivity contribution in [2.75, 3.05) is 26.2 Å². The maximum atomic E-state index is 13.1. The summed E-state index contributed by atoms with van der Waals surface area (Å²) in [5.41, 5.74) is 2.59. The molecule has 2 N–H and O–H groups in total. The van der Waals surface area contributed by atoms with E-state index in [0.717, 1.165) is 38.0 Å². The molecule has 1 aromatic heterocycles. The van der Waals surface area contributed by atoms with Crippen molar-refractivity contribution >= 4 is 5.91 Å². The molecule has 7 heteroatoms. The predicted molar refractivity (Wildman–Crippen MR) is 98.4 cm³/mol. The molecule has 1 atom stereocenters. The fourth-order valence-electron chi connectivity index (χ4n) is 4.59. The summed E-state index contributed by atoms with van der Waals surface area (Å²) in [7, 11) is 0. The lowest BCUT2D eigenvalue weighted by molar-refractivity contribution is -0.143. The number of hydrogen-bond donors (Lipinski definition) is 2. The summed E-state index contributed by atoms with van der Waals surface area (Å²) in [6.45, 7) is 5.23. The Bertz CT molecular complexity index is 812. The normalized spacial score (nSPS) is 20.5. The molecule has 0 bridgehead atoms. The minimum Gasteiger partial charge on any atom is -0.378 e. The van der Waals surface area contributed by atoms with Gasteiger partial charge in [-0.05, 0) is 37.1 Å². The number of rotatable bonds is 3. The Morgan fingerprint density at radius 3 is 2.67 bits per heavy atom. The standard InChI is InChI=1S/C20H25FN4O2/c1-2-25-10-7-16-18(23-13-22-16)20(25)8-11-24(12-9-20)19(27)17(26)14-3-5-15(21)6-4-14/h3-6,13,17,26H,2,7-12H2,1H3,(H,22,23). The Hall–Kier alpha value is -2.25. The average Bonchev–Trinajstić information content (AvgIpc) is 3.18. The van der Waals surface area contributed by atoms with E-state index in [0.29, 0.717) is 18.7 Å². The molecule has 0 saturated carbocycles. The van der Waals surface area contributed by atoms with Crippen LogP contribution in [0.15, 0.2) is 30.6 Å². The van der Waals surface area contributed by atoms with Crippen molar-refractivity contribution in [1.29, 1.82) is 0 Å². The van der Waals surface area contributed by atoms with Crippen LogP contribution in [-0.2, 0) is 16.8 Å². The van der Waals surface area contributed by atoms with Crippen molar-refractivity contribution in [2.24, 2.45) is 0 Å². The van der Waals surface area contributed by atoms with E-state index in [4.69, 9.17) is 0 Å². The van der Waals surface area contributed by atoms with Crippen LogP contribution in [0.25, 0.3) is 0 Å². The number of nitrogens with one attached hydrogen (secondary N) is 1. The topological polar surface area (TPSA) is 72.5 Å². The fraction of sp³-hybridized carbons (Fsp3) is 0.500. The summed E-state index contributed by atoms with van der Waals surface area (Å²) in [6, 6.07) is 5.44. The average molecular weight is 372 g/mol. The second-order valence-corrected chi connectivity index (χ2v) is 7.37. The minimum atomic E-state index is -1.26. The van der Waals surface area contributed by atoms with Crippen LogP contribution in [-0.4, -0.2) is 57.0 Å². The Labute approximate surface area is 158 Å². The van der Waals surface area contributed by atoms with Gasteiger partial charge in [0.2, 0.25) is 0 Å². The van der Waals surface area contributed by atoms with Crippen LogP contribution in [0, 0.1) is 5.82 Å². The molecule has 2 aliphatic heterocycles. The number of piperidine rings is 1. The lowest BCUT2D eigenvalue weighted by Crippen LogP contribution is -2.57. The van der Waals surface area contributed by atoms with Gasteiger partial charge in [0.05, 0.1) is 17.6 Å². The first-order chi connectivity index (χ1) is 13.0. The van der Waals surface area contributed by atoms with Gasteiger partial charge in [0.25, 0.3) is 5.91 Å². The molecule has 1 unspecified atom stereocenters. The van der Waals surface area contributed by atoms with Crippen LogP contribution in [0.2, 0.25) is 0 Å². The number of amides is 1. The number of likely N-dealkylation sites (tertiary alicyclic amines) is 1. The van der Waals surface area contributed by atoms with Gasteiger partial charge in [-0.3, -0.25) is 9.69 Å². The van der Waals surface area contributed by atoms with Gasteiger partial charge in [0, 0.05) is 31.7 Å². The van der Waals surface area contributed by atoms with Crippen molar-refractivity contribution in [3.8, 4) is 0 Å². The highest BCUT2D eigenvalue weighted by Crippen LogP contribution is 2.42. The molecule has 144 valence electrons. The molecule has 1 saturated heterocycles. The predicted octanol–water partition coefficient (Wildman–Crippen LogP) is 1.98. The molecule has 2 aliphatic rings. The van der Waals surface area contributed by atoms with E-state index in [2.05, 4.69) is 21.8 Å². The fourth-order valence-corrected chi connectivity index (χ4v) is 4.59. The molecule has 3 heterocycles. The number of aliphatic hydroxyl groups is 1. The molecule has 2 aromatic rings. The van der Waals surface area contributed by atoms with Gasteiger partial charge in [-0.1, -0.05) is 19.1 Å². The van der Waals surface area contributed by atoms with E-state index in [1.54, 1.807) is 11.2 Å². The van der Waals surface area contributed by atoms with Crippen LogP contribution in [0.4, 0.5) is 4.39 Å². The highest BCUT2D eigenvalue weighted by atomic mass is 19.1. The quantitative estimate of drug-likeness (QED) is 0.864. The maximum absolute atomic E-state index is 13.1. The number of H-pyrrole nitrogens is 1. The van der Waals surface area contributed by atoms with Crippen LogP contribution >= 0.6 is 0 Å². The summed E-state index contributed by atoms with van der Waals surface area (Å²) in [5.74, 6) is -0.706. The Morgan fingerprint density at radius 1 is 1.30 bits per heavy atom. The van der Waals surface area contributed by atoms with Gasteiger partial charge in [-0.15, -0.1) is 0 Å². The number of benzene rings is 1. The molecule has 27 heavy (non-hydrogen) atoms. The summed E-state index contributed by atoms with van der Waals surface area (Å²) in [6.07, 6.45) is 3.06. The lowest BCUT2D eigenvalue weighted by Gasteiger charge is -2.50. The number of aromatic amines is 1. The Morgan fingerprint density at radius 2 is 2.00 bits per heavy atom. The van der Waals surface area contributed by atoms with Gasteiger partial charge in [0.1, 0.15) is 5.82 Å². The van der Waals surface area contributed by atoms with Crippen LogP contribution in [0.1, 0.15) is 42.8 Å². The number of aromatic nitrogens is 2. The molecule has 1 aromatic carbocycles. The molecular formula is C20H25FN4O2. The second kappa shape index (κ2) is 7.05. The van der Waals surface area contributed by atoms with Crippen molar-refractivity contribution < 1.29 is 14.3 Å². The van der Waals surface area contributed by atoms with Gasteiger partial charge in [-0.25, -0.2) is 9.37 Å². The molecule has 1 fully saturated rings. The molecular weight excluding hydrogens is 347 g/mol. The number of carbonyl (C=O) groups excluding carboxylic acids is 1. The zero-order valence-corrected chi connectivity index (χ0v) is 15.5. The Balaban J connectivity index is 1.50. The second-order valence-electron chi connectivity index (χ2n) is 7.37. The highest BCUT2D eigenvalue weighted by molar-refractivity contribution is 5.82. The molecule has 0 aliphatic carbocycles. The van der Waals surface area contributed by atoms with Crippen molar-refractivity contribution in [3.63, 3.8) is 0 Å². The monoisotopic (exact) mass is 372 g/mol. The maximum Gasteiger partial charge on any atom is 0.256 e. The van der Waals surface area contributed by atoms with Crippen LogP contribution < -0.4 is 0 Å². The molecule has 4 rings (SSSR count).